The Kier molecular flexibility index (Phi) is 39.8. The number of carbonyl (C=O) groups excluding carboxylic acids is 6. The maximum Gasteiger partial charge on any atom is 0.491 e. The van der Waals surface area contributed by atoms with E-state index in [2.05, 4.69) is 0 Å². The summed E-state index contributed by atoms with van der Waals surface area (Å²) < 4.78 is 109. The molecule has 18 N–H and O–H groups in total. The van der Waals surface area contributed by atoms with E-state index in [0.717, 1.165) is 44.6 Å². The monoisotopic (exact) mass is 1520 g/mol. The summed E-state index contributed by atoms with van der Waals surface area (Å²) in [5.41, 5.74) is 0.490. The van der Waals surface area contributed by atoms with Crippen molar-refractivity contribution in [1.29, 1.82) is 0 Å². The zero-order chi connectivity index (χ0) is 81.7. The molecule has 0 aliphatic heterocycles. The molecule has 8 aromatic rings. The van der Waals surface area contributed by atoms with Gasteiger partial charge in [0.05, 0.1) is 20.9 Å². The summed E-state index contributed by atoms with van der Waals surface area (Å²) in [7, 11) is -22.1. The Hall–Kier alpha value is -8.81. The van der Waals surface area contributed by atoms with Crippen molar-refractivity contribution in [3.8, 4) is 0 Å². The molecule has 8 rings (SSSR count). The first kappa shape index (κ1) is 95.2. The van der Waals surface area contributed by atoms with Crippen molar-refractivity contribution < 1.29 is 158 Å². The highest BCUT2D eigenvalue weighted by atomic mass is 32.2. The molecule has 0 spiro atoms. The lowest BCUT2D eigenvalue weighted by atomic mass is 9.71. The van der Waals surface area contributed by atoms with E-state index in [1.165, 1.54) is 125 Å². The van der Waals surface area contributed by atoms with Gasteiger partial charge in [-0.25, -0.2) is 38.8 Å². The fourth-order valence-corrected chi connectivity index (χ4v) is 9.15. The number of rotatable bonds is 17. The lowest BCUT2D eigenvalue weighted by Crippen LogP contribution is -2.38. The van der Waals surface area contributed by atoms with Crippen LogP contribution in [-0.4, -0.2) is 219 Å². The summed E-state index contributed by atoms with van der Waals surface area (Å²) in [5.74, 6) is -7.80. The van der Waals surface area contributed by atoms with Gasteiger partial charge >= 0.3 is 64.1 Å². The molecule has 44 heteroatoms. The highest BCUT2D eigenvalue weighted by molar-refractivity contribution is 7.91. The van der Waals surface area contributed by atoms with E-state index < -0.39 is 141 Å². The Morgan fingerprint density at radius 1 is 0.274 bits per heavy atom. The minimum Gasteiger partial charge on any atom is -0.423 e. The molecule has 0 aliphatic carbocycles. The van der Waals surface area contributed by atoms with Crippen LogP contribution in [0.15, 0.2) is 168 Å². The van der Waals surface area contributed by atoms with Crippen molar-refractivity contribution in [3.63, 3.8) is 0 Å². The second kappa shape index (κ2) is 44.4. The average molecular weight is 1520 g/mol. The molecule has 0 saturated heterocycles. The van der Waals surface area contributed by atoms with Gasteiger partial charge in [0.2, 0.25) is 0 Å². The van der Waals surface area contributed by atoms with Gasteiger partial charge in [-0.05, 0) is 128 Å². The molecule has 106 heavy (non-hydrogen) atoms. The van der Waals surface area contributed by atoms with Crippen LogP contribution in [0.4, 0.5) is 22.0 Å². The molecule has 8 aromatic carbocycles. The predicted octanol–water partition coefficient (Wildman–Crippen LogP) is -6.67. The van der Waals surface area contributed by atoms with Gasteiger partial charge in [0.25, 0.3) is 0 Å². The highest BCUT2D eigenvalue weighted by Crippen LogP contribution is 2.14. The highest BCUT2D eigenvalue weighted by Gasteiger charge is 2.25. The van der Waals surface area contributed by atoms with Gasteiger partial charge in [-0.1, -0.05) is 109 Å². The summed E-state index contributed by atoms with van der Waals surface area (Å²) in [5, 5.41) is 158. The minimum atomic E-state index is -3.28. The van der Waals surface area contributed by atoms with E-state index in [4.69, 9.17) is 90.4 Å². The third-order valence-corrected chi connectivity index (χ3v) is 15.8. The van der Waals surface area contributed by atoms with Crippen LogP contribution in [0.25, 0.3) is 0 Å². The van der Waals surface area contributed by atoms with E-state index in [0.29, 0.717) is 34.2 Å². The second-order valence-corrected chi connectivity index (χ2v) is 26.0. The predicted molar refractivity (Wildman–Crippen MR) is 386 cm³/mol. The molecule has 0 aliphatic rings. The Balaban J connectivity index is 0.000000606. The molecule has 0 heterocycles. The lowest BCUT2D eigenvalue weighted by Gasteiger charge is -2.06. The Morgan fingerprint density at radius 3 is 0.962 bits per heavy atom. The number of sulfone groups is 2. The molecule has 0 saturated carbocycles. The third-order valence-electron chi connectivity index (χ3n) is 13.5. The first-order valence-electron chi connectivity index (χ1n) is 29.9. The molecule has 0 aromatic heterocycles. The van der Waals surface area contributed by atoms with Crippen LogP contribution >= 0.6 is 0 Å². The van der Waals surface area contributed by atoms with Crippen molar-refractivity contribution in [2.45, 2.75) is 51.3 Å². The van der Waals surface area contributed by atoms with Gasteiger partial charge < -0.3 is 90.4 Å². The number of ketones is 6. The van der Waals surface area contributed by atoms with Crippen molar-refractivity contribution in [3.05, 3.63) is 220 Å². The van der Waals surface area contributed by atoms with Gasteiger partial charge in [0, 0.05) is 45.7 Å². The summed E-state index contributed by atoms with van der Waals surface area (Å²) in [6.45, 7) is 7.62. The van der Waals surface area contributed by atoms with Crippen LogP contribution in [-0.2, 0) is 19.7 Å². The number of hydrogen-bond acceptors (Lipinski definition) is 28. The van der Waals surface area contributed by atoms with E-state index in [1.54, 1.807) is 30.3 Å². The van der Waals surface area contributed by atoms with Crippen molar-refractivity contribution in [1.82, 2.24) is 0 Å². The van der Waals surface area contributed by atoms with Crippen LogP contribution in [0.3, 0.4) is 0 Å². The molecule has 0 radical (unpaired) electrons. The normalized spacial score (nSPS) is 10.2. The SMILES string of the molecule is CC(=O)c1c(F)cc(B(O)O)cc1F.CC(=O)c1cc(B(O)O)cc(B(O)O)c1.CC(=O)c1ccc(B(O)O)c(F)c1.CC(=O)c1ccc(B(O)O)c(F)c1F.CC(=O)c1ccc(B(O)O)cc1.CC(=O)c1cccc(B(O)O)c1.CS(=O)(=O)c1ccc(B(O)O)cc1.CS(=O)(=O)c1cccc(B(O)O)c1. The smallest absolute Gasteiger partial charge is 0.423 e. The Bertz CT molecular complexity index is 4500. The maximum absolute atomic E-state index is 13.1. The standard InChI is InChI=1S/C8H10B2O5.2C8H7BF2O3.C8H8BFO3.2C8H9BO3.2C7H9BO4S/c1-5(11)6-2-7(9(12)13)4-8(3-6)10(14)15;1-4(12)8-6(10)2-5(9(13)14)3-7(8)11;1-4(12)5-2-3-6(9(13)14)8(11)7(5)10;1-5(11)6-2-3-7(9(12)13)8(10)4-6;1-6(10)7-2-4-8(5-3-7)9(11)12;1-6(10)7-3-2-4-8(5-7)9(11)12;1-13(11,12)7-4-2-6(3-5-7)8(9)10;1-13(11,12)7-4-2-3-6(5-7)8(9)10/h2-4,12-15H,1H3;2*2-3,13-14H,1H3;2-4,12-13H,1H3;2*2-5,11-12H,1H3;2*2-5,9-10H,1H3. The van der Waals surface area contributed by atoms with Crippen LogP contribution in [0.5, 0.6) is 0 Å². The van der Waals surface area contributed by atoms with Gasteiger partial charge in [-0.15, -0.1) is 0 Å². The fourth-order valence-electron chi connectivity index (χ4n) is 7.85. The second-order valence-electron chi connectivity index (χ2n) is 21.9. The number of benzene rings is 8. The fraction of sp³-hybridized carbons (Fsp3) is 0.129. The maximum atomic E-state index is 13.1. The average Bonchev–Trinajstić information content (AvgIpc) is 0.831. The summed E-state index contributed by atoms with van der Waals surface area (Å²) in [4.78, 5) is 65.3. The van der Waals surface area contributed by atoms with Crippen LogP contribution in [0, 0.1) is 29.1 Å². The summed E-state index contributed by atoms with van der Waals surface area (Å²) >= 11 is 0. The minimum absolute atomic E-state index is 0.0334. The number of Topliss-reactive ketones (excluding diaryl/α,β-unsaturated/α-hetero) is 6. The molecular weight excluding hydrogens is 1450 g/mol. The molecule has 28 nitrogen and oxygen atoms in total. The topological polar surface area (TPSA) is 535 Å². The molecule has 0 unspecified atom stereocenters. The van der Waals surface area contributed by atoms with Crippen molar-refractivity contribution in [2.24, 2.45) is 0 Å². The summed E-state index contributed by atoms with van der Waals surface area (Å²) in [6, 6.07) is 34.1. The van der Waals surface area contributed by atoms with E-state index in [9.17, 15) is 67.6 Å². The van der Waals surface area contributed by atoms with Crippen LogP contribution in [0.2, 0.25) is 0 Å². The van der Waals surface area contributed by atoms with Crippen molar-refractivity contribution in [2.75, 3.05) is 12.5 Å². The molecule has 0 amide bonds. The largest absolute Gasteiger partial charge is 0.491 e. The van der Waals surface area contributed by atoms with Gasteiger partial charge in [0.15, 0.2) is 66.0 Å². The van der Waals surface area contributed by atoms with Gasteiger partial charge in [-0.3, -0.25) is 28.8 Å². The quantitative estimate of drug-likeness (QED) is 0.0229. The first-order chi connectivity index (χ1) is 48.8. The zero-order valence-corrected chi connectivity index (χ0v) is 58.7. The lowest BCUT2D eigenvalue weighted by molar-refractivity contribution is 0.0997. The molecule has 0 bridgehead atoms. The molecular formula is C62H68B9F5O28S2. The van der Waals surface area contributed by atoms with Crippen LogP contribution in [0.1, 0.15) is 104 Å². The molecule has 0 fully saturated rings. The van der Waals surface area contributed by atoms with Crippen molar-refractivity contribution >= 4 is 168 Å². The number of halogens is 5. The Labute approximate surface area is 606 Å². The van der Waals surface area contributed by atoms with Crippen LogP contribution < -0.4 is 49.2 Å². The zero-order valence-electron chi connectivity index (χ0n) is 57.0. The van der Waals surface area contributed by atoms with Gasteiger partial charge in [-0.2, -0.15) is 0 Å². The number of hydrogen-bond donors (Lipinski definition) is 18. The van der Waals surface area contributed by atoms with E-state index in [1.807, 2.05) is 0 Å². The van der Waals surface area contributed by atoms with E-state index >= 15 is 0 Å². The first-order valence-corrected chi connectivity index (χ1v) is 33.7. The number of carbonyl (C=O) groups is 6. The Morgan fingerprint density at radius 2 is 0.613 bits per heavy atom. The summed E-state index contributed by atoms with van der Waals surface area (Å²) in [6.07, 6.45) is 2.16. The van der Waals surface area contributed by atoms with E-state index in [-0.39, 0.29) is 76.8 Å². The van der Waals surface area contributed by atoms with Gasteiger partial charge in [0.1, 0.15) is 17.5 Å². The third kappa shape index (κ3) is 32.5. The molecule has 0 atom stereocenters. The molecule has 558 valence electrons.